The summed E-state index contributed by atoms with van der Waals surface area (Å²) in [6.45, 7) is 1.98. The van der Waals surface area contributed by atoms with Crippen molar-refractivity contribution in [3.63, 3.8) is 0 Å². The molecule has 0 aromatic heterocycles. The van der Waals surface area contributed by atoms with Gasteiger partial charge < -0.3 is 5.32 Å². The van der Waals surface area contributed by atoms with Gasteiger partial charge in [-0.25, -0.2) is 4.99 Å². The minimum atomic E-state index is -0.206. The highest BCUT2D eigenvalue weighted by molar-refractivity contribution is 9.10. The number of nitrogens with one attached hydrogen (secondary N) is 1. The van der Waals surface area contributed by atoms with Crippen molar-refractivity contribution in [3.05, 3.63) is 57.0 Å². The summed E-state index contributed by atoms with van der Waals surface area (Å²) in [7, 11) is 0. The monoisotopic (exact) mass is 348 g/mol. The van der Waals surface area contributed by atoms with Crippen molar-refractivity contribution in [3.8, 4) is 0 Å². The first kappa shape index (κ1) is 13.3. The number of halogens is 2. The van der Waals surface area contributed by atoms with E-state index in [0.717, 1.165) is 27.0 Å². The summed E-state index contributed by atoms with van der Waals surface area (Å²) >= 11 is 9.43. The molecule has 0 fully saturated rings. The second kappa shape index (κ2) is 5.04. The Bertz CT molecular complexity index is 756. The smallest absolute Gasteiger partial charge is 0.275 e. The lowest BCUT2D eigenvalue weighted by Crippen LogP contribution is -2.13. The summed E-state index contributed by atoms with van der Waals surface area (Å²) in [5.74, 6) is -0.206. The molecule has 1 aliphatic heterocycles. The number of aryl methyl sites for hydroxylation is 1. The number of carbonyl (C=O) groups is 1. The first-order valence-corrected chi connectivity index (χ1v) is 7.18. The van der Waals surface area contributed by atoms with Gasteiger partial charge in [-0.1, -0.05) is 27.5 Å². The highest BCUT2D eigenvalue weighted by Crippen LogP contribution is 2.29. The molecule has 1 heterocycles. The normalized spacial score (nSPS) is 15.3. The molecule has 2 aromatic carbocycles. The zero-order chi connectivity index (χ0) is 14.3. The van der Waals surface area contributed by atoms with Crippen molar-refractivity contribution in [2.45, 2.75) is 6.92 Å². The highest BCUT2D eigenvalue weighted by atomic mass is 79.9. The third-order valence-electron chi connectivity index (χ3n) is 3.08. The Kier molecular flexibility index (Phi) is 3.36. The second-order valence-corrected chi connectivity index (χ2v) is 5.83. The van der Waals surface area contributed by atoms with Crippen molar-refractivity contribution in [1.29, 1.82) is 0 Å². The Morgan fingerprint density at radius 2 is 2.00 bits per heavy atom. The molecule has 20 heavy (non-hydrogen) atoms. The van der Waals surface area contributed by atoms with Crippen LogP contribution in [0.25, 0.3) is 0 Å². The van der Waals surface area contributed by atoms with Crippen molar-refractivity contribution in [1.82, 2.24) is 0 Å². The first-order valence-electron chi connectivity index (χ1n) is 6.01. The maximum absolute atomic E-state index is 12.0. The molecule has 0 radical (unpaired) electrons. The van der Waals surface area contributed by atoms with Crippen LogP contribution in [0, 0.1) is 6.92 Å². The largest absolute Gasteiger partial charge is 0.320 e. The minimum absolute atomic E-state index is 0.206. The van der Waals surface area contributed by atoms with E-state index in [2.05, 4.69) is 26.2 Å². The molecule has 0 unspecified atom stereocenters. The standard InChI is InChI=1S/C15H10BrClN2O/c1-8-6-10(3-4-12(8)16)18-14-11-7-9(17)2-5-13(11)19-15(14)20/h2-7H,1H3,(H,18,19,20). The van der Waals surface area contributed by atoms with Gasteiger partial charge >= 0.3 is 0 Å². The van der Waals surface area contributed by atoms with Crippen LogP contribution < -0.4 is 5.32 Å². The number of aliphatic imine (C=N–C) groups is 1. The van der Waals surface area contributed by atoms with Crippen LogP contribution in [-0.4, -0.2) is 11.6 Å². The van der Waals surface area contributed by atoms with Crippen molar-refractivity contribution >= 4 is 50.5 Å². The fraction of sp³-hybridized carbons (Fsp3) is 0.0667. The van der Waals surface area contributed by atoms with Crippen molar-refractivity contribution < 1.29 is 4.79 Å². The number of fused-ring (bicyclic) bond motifs is 1. The SMILES string of the molecule is Cc1cc(N=C2C(=O)Nc3ccc(Cl)cc32)ccc1Br. The van der Waals surface area contributed by atoms with Gasteiger partial charge in [0.15, 0.2) is 0 Å². The maximum atomic E-state index is 12.0. The fourth-order valence-corrected chi connectivity index (χ4v) is 2.48. The number of anilines is 1. The lowest BCUT2D eigenvalue weighted by Gasteiger charge is -2.01. The van der Waals surface area contributed by atoms with Crippen LogP contribution in [0.2, 0.25) is 5.02 Å². The Balaban J connectivity index is 2.10. The third-order valence-corrected chi connectivity index (χ3v) is 4.21. The summed E-state index contributed by atoms with van der Waals surface area (Å²) in [5.41, 5.74) is 3.68. The van der Waals surface area contributed by atoms with Gasteiger partial charge in [0.25, 0.3) is 5.91 Å². The van der Waals surface area contributed by atoms with Crippen molar-refractivity contribution in [2.75, 3.05) is 5.32 Å². The predicted molar refractivity (Wildman–Crippen MR) is 85.2 cm³/mol. The van der Waals surface area contributed by atoms with E-state index in [1.165, 1.54) is 0 Å². The Morgan fingerprint density at radius 1 is 1.20 bits per heavy atom. The number of benzene rings is 2. The Hall–Kier alpha value is -1.65. The van der Waals surface area contributed by atoms with Crippen LogP contribution in [0.5, 0.6) is 0 Å². The average molecular weight is 350 g/mol. The lowest BCUT2D eigenvalue weighted by molar-refractivity contribution is -0.110. The van der Waals surface area contributed by atoms with Gasteiger partial charge in [-0.3, -0.25) is 4.79 Å². The van der Waals surface area contributed by atoms with Gasteiger partial charge in [0.1, 0.15) is 5.71 Å². The molecule has 0 spiro atoms. The number of carbonyl (C=O) groups excluding carboxylic acids is 1. The van der Waals surface area contributed by atoms with E-state index in [4.69, 9.17) is 11.6 Å². The quantitative estimate of drug-likeness (QED) is 0.810. The van der Waals surface area contributed by atoms with Gasteiger partial charge in [0.2, 0.25) is 0 Å². The Morgan fingerprint density at radius 3 is 2.75 bits per heavy atom. The molecule has 5 heteroatoms. The van der Waals surface area contributed by atoms with Gasteiger partial charge in [-0.2, -0.15) is 0 Å². The molecule has 1 amide bonds. The minimum Gasteiger partial charge on any atom is -0.320 e. The molecule has 3 rings (SSSR count). The Labute approximate surface area is 129 Å². The van der Waals surface area contributed by atoms with Crippen LogP contribution in [-0.2, 0) is 4.79 Å². The summed E-state index contributed by atoms with van der Waals surface area (Å²) in [6, 6.07) is 11.0. The van der Waals surface area contributed by atoms with E-state index in [1.807, 2.05) is 25.1 Å². The maximum Gasteiger partial charge on any atom is 0.275 e. The molecule has 100 valence electrons. The fourth-order valence-electron chi connectivity index (χ4n) is 2.06. The van der Waals surface area contributed by atoms with E-state index >= 15 is 0 Å². The van der Waals surface area contributed by atoms with Crippen LogP contribution in [0.1, 0.15) is 11.1 Å². The molecule has 0 atom stereocenters. The third kappa shape index (κ3) is 2.37. The van der Waals surface area contributed by atoms with E-state index in [-0.39, 0.29) is 5.91 Å². The molecule has 1 aliphatic rings. The second-order valence-electron chi connectivity index (χ2n) is 4.54. The van der Waals surface area contributed by atoms with E-state index < -0.39 is 0 Å². The molecular formula is C15H10BrClN2O. The zero-order valence-electron chi connectivity index (χ0n) is 10.6. The van der Waals surface area contributed by atoms with E-state index in [9.17, 15) is 4.79 Å². The van der Waals surface area contributed by atoms with Gasteiger partial charge in [0.05, 0.1) is 11.4 Å². The number of amides is 1. The van der Waals surface area contributed by atoms with Gasteiger partial charge in [-0.05, 0) is 48.9 Å². The molecule has 0 aliphatic carbocycles. The van der Waals surface area contributed by atoms with Gasteiger partial charge in [-0.15, -0.1) is 0 Å². The lowest BCUT2D eigenvalue weighted by atomic mass is 10.1. The molecule has 2 aromatic rings. The number of hydrogen-bond acceptors (Lipinski definition) is 2. The van der Waals surface area contributed by atoms with Crippen molar-refractivity contribution in [2.24, 2.45) is 4.99 Å². The van der Waals surface area contributed by atoms with Crippen LogP contribution in [0.4, 0.5) is 11.4 Å². The number of nitrogens with zero attached hydrogens (tertiary/aromatic N) is 1. The summed E-state index contributed by atoms with van der Waals surface area (Å²) in [4.78, 5) is 16.5. The van der Waals surface area contributed by atoms with Gasteiger partial charge in [0, 0.05) is 15.1 Å². The molecule has 0 saturated heterocycles. The van der Waals surface area contributed by atoms with Crippen LogP contribution in [0.15, 0.2) is 45.9 Å². The highest BCUT2D eigenvalue weighted by Gasteiger charge is 2.26. The molecule has 0 saturated carbocycles. The molecule has 0 bridgehead atoms. The summed E-state index contributed by atoms with van der Waals surface area (Å²) < 4.78 is 1.01. The topological polar surface area (TPSA) is 41.5 Å². The number of hydrogen-bond donors (Lipinski definition) is 1. The summed E-state index contributed by atoms with van der Waals surface area (Å²) in [6.07, 6.45) is 0. The number of rotatable bonds is 1. The van der Waals surface area contributed by atoms with Crippen LogP contribution >= 0.6 is 27.5 Å². The average Bonchev–Trinajstić information content (AvgIpc) is 2.70. The van der Waals surface area contributed by atoms with E-state index in [1.54, 1.807) is 18.2 Å². The van der Waals surface area contributed by atoms with E-state index in [0.29, 0.717) is 10.7 Å². The molecular weight excluding hydrogens is 340 g/mol. The van der Waals surface area contributed by atoms with Crippen LogP contribution in [0.3, 0.4) is 0 Å². The molecule has 1 N–H and O–H groups in total. The zero-order valence-corrected chi connectivity index (χ0v) is 12.9. The summed E-state index contributed by atoms with van der Waals surface area (Å²) in [5, 5.41) is 3.37. The first-order chi connectivity index (χ1) is 9.54. The predicted octanol–water partition coefficient (Wildman–Crippen LogP) is 4.48. The molecule has 3 nitrogen and oxygen atoms in total.